The lowest BCUT2D eigenvalue weighted by atomic mass is 10.2. The molecule has 0 radical (unpaired) electrons. The Balaban J connectivity index is 2.42. The summed E-state index contributed by atoms with van der Waals surface area (Å²) in [5, 5.41) is 8.39. The maximum Gasteiger partial charge on any atom is 0.328 e. The van der Waals surface area contributed by atoms with Gasteiger partial charge < -0.3 is 10.0 Å². The van der Waals surface area contributed by atoms with Crippen molar-refractivity contribution in [1.29, 1.82) is 0 Å². The van der Waals surface area contributed by atoms with Gasteiger partial charge in [0, 0.05) is 38.1 Å². The summed E-state index contributed by atoms with van der Waals surface area (Å²) in [5.41, 5.74) is 1.04. The number of pyridine rings is 1. The molecule has 1 amide bonds. The highest BCUT2D eigenvalue weighted by Crippen LogP contribution is 1.99. The maximum atomic E-state index is 11.4. The van der Waals surface area contributed by atoms with Crippen molar-refractivity contribution >= 4 is 11.9 Å². The zero-order valence-electron chi connectivity index (χ0n) is 9.54. The Morgan fingerprint density at radius 3 is 2.82 bits per heavy atom. The van der Waals surface area contributed by atoms with Gasteiger partial charge in [0.1, 0.15) is 0 Å². The summed E-state index contributed by atoms with van der Waals surface area (Å²) in [5.74, 6) is -1.45. The molecule has 0 aliphatic carbocycles. The van der Waals surface area contributed by atoms with Crippen LogP contribution in [0.3, 0.4) is 0 Å². The molecule has 1 aromatic heterocycles. The van der Waals surface area contributed by atoms with Crippen molar-refractivity contribution < 1.29 is 14.7 Å². The van der Waals surface area contributed by atoms with Crippen LogP contribution >= 0.6 is 0 Å². The number of aliphatic carboxylic acids is 1. The van der Waals surface area contributed by atoms with E-state index in [0.29, 0.717) is 13.0 Å². The number of hydrogen-bond donors (Lipinski definition) is 1. The number of amides is 1. The van der Waals surface area contributed by atoms with Gasteiger partial charge in [0.05, 0.1) is 0 Å². The predicted molar refractivity (Wildman–Crippen MR) is 62.4 cm³/mol. The van der Waals surface area contributed by atoms with E-state index in [0.717, 1.165) is 17.7 Å². The largest absolute Gasteiger partial charge is 0.478 e. The summed E-state index contributed by atoms with van der Waals surface area (Å²) in [6.07, 6.45) is 6.00. The highest BCUT2D eigenvalue weighted by Gasteiger charge is 2.05. The number of nitrogens with zero attached hydrogens (tertiary/aromatic N) is 2. The second-order valence-electron chi connectivity index (χ2n) is 3.54. The van der Waals surface area contributed by atoms with E-state index in [1.807, 2.05) is 12.1 Å². The van der Waals surface area contributed by atoms with E-state index in [4.69, 9.17) is 5.11 Å². The molecule has 17 heavy (non-hydrogen) atoms. The van der Waals surface area contributed by atoms with Crippen LogP contribution in [0, 0.1) is 0 Å². The Kier molecular flexibility index (Phi) is 4.87. The molecular weight excluding hydrogens is 220 g/mol. The molecule has 1 rings (SSSR count). The number of rotatable bonds is 5. The molecule has 1 heterocycles. The summed E-state index contributed by atoms with van der Waals surface area (Å²) >= 11 is 0. The van der Waals surface area contributed by atoms with E-state index in [2.05, 4.69) is 4.98 Å². The van der Waals surface area contributed by atoms with Gasteiger partial charge in [0.2, 0.25) is 5.91 Å². The number of carboxylic acids is 1. The van der Waals surface area contributed by atoms with E-state index in [-0.39, 0.29) is 5.91 Å². The van der Waals surface area contributed by atoms with Crippen molar-refractivity contribution in [2.45, 2.75) is 6.42 Å². The lowest BCUT2D eigenvalue weighted by Gasteiger charge is -2.14. The number of carbonyl (C=O) groups excluding carboxylic acids is 1. The van der Waals surface area contributed by atoms with Crippen LogP contribution in [0.15, 0.2) is 36.7 Å². The first-order chi connectivity index (χ1) is 8.09. The average molecular weight is 234 g/mol. The van der Waals surface area contributed by atoms with Gasteiger partial charge in [0.25, 0.3) is 0 Å². The summed E-state index contributed by atoms with van der Waals surface area (Å²) in [6.45, 7) is 0.522. The molecular formula is C12H14N2O3. The number of aromatic nitrogens is 1. The van der Waals surface area contributed by atoms with E-state index >= 15 is 0 Å². The third-order valence-corrected chi connectivity index (χ3v) is 2.20. The fraction of sp³-hybridized carbons (Fsp3) is 0.250. The first-order valence-electron chi connectivity index (χ1n) is 5.14. The molecule has 0 fully saturated rings. The summed E-state index contributed by atoms with van der Waals surface area (Å²) in [7, 11) is 1.63. The van der Waals surface area contributed by atoms with Crippen molar-refractivity contribution in [2.75, 3.05) is 13.6 Å². The van der Waals surface area contributed by atoms with Gasteiger partial charge in [-0.1, -0.05) is 6.07 Å². The average Bonchev–Trinajstić information content (AvgIpc) is 2.34. The highest BCUT2D eigenvalue weighted by molar-refractivity contribution is 5.93. The normalized spacial score (nSPS) is 10.4. The van der Waals surface area contributed by atoms with Crippen LogP contribution in [-0.2, 0) is 16.0 Å². The fourth-order valence-electron chi connectivity index (χ4n) is 1.22. The molecule has 0 aliphatic rings. The van der Waals surface area contributed by atoms with Crippen LogP contribution in [0.2, 0.25) is 0 Å². The van der Waals surface area contributed by atoms with Crippen LogP contribution in [0.4, 0.5) is 0 Å². The van der Waals surface area contributed by atoms with Gasteiger partial charge in [-0.3, -0.25) is 9.78 Å². The van der Waals surface area contributed by atoms with Crippen LogP contribution in [0.1, 0.15) is 5.56 Å². The number of carboxylic acid groups (broad SMARTS) is 1. The fourth-order valence-corrected chi connectivity index (χ4v) is 1.22. The van der Waals surface area contributed by atoms with Crippen molar-refractivity contribution in [2.24, 2.45) is 0 Å². The van der Waals surface area contributed by atoms with Gasteiger partial charge in [-0.2, -0.15) is 0 Å². The van der Waals surface area contributed by atoms with Crippen molar-refractivity contribution in [3.8, 4) is 0 Å². The van der Waals surface area contributed by atoms with Crippen LogP contribution in [0.25, 0.3) is 0 Å². The minimum Gasteiger partial charge on any atom is -0.478 e. The molecule has 1 aromatic rings. The lowest BCUT2D eigenvalue weighted by Crippen LogP contribution is -2.27. The Bertz CT molecular complexity index is 415. The molecule has 0 unspecified atom stereocenters. The topological polar surface area (TPSA) is 70.5 Å². The van der Waals surface area contributed by atoms with Crippen LogP contribution < -0.4 is 0 Å². The monoisotopic (exact) mass is 234 g/mol. The standard InChI is InChI=1S/C12H14N2O3/c1-14(11(15)4-5-12(16)17)8-6-10-3-2-7-13-9-10/h2-5,7,9H,6,8H2,1H3,(H,16,17)/b5-4+. The molecule has 0 saturated carbocycles. The Morgan fingerprint density at radius 2 is 2.24 bits per heavy atom. The van der Waals surface area contributed by atoms with E-state index < -0.39 is 5.97 Å². The van der Waals surface area contributed by atoms with Gasteiger partial charge in [-0.15, -0.1) is 0 Å². The molecule has 5 heteroatoms. The number of likely N-dealkylation sites (N-methyl/N-ethyl adjacent to an activating group) is 1. The van der Waals surface area contributed by atoms with E-state index in [9.17, 15) is 9.59 Å². The Labute approximate surface area is 99.4 Å². The Morgan fingerprint density at radius 1 is 1.47 bits per heavy atom. The minimum absolute atomic E-state index is 0.323. The minimum atomic E-state index is -1.13. The molecule has 0 bridgehead atoms. The first-order valence-corrected chi connectivity index (χ1v) is 5.14. The summed E-state index contributed by atoms with van der Waals surface area (Å²) in [4.78, 5) is 27.1. The van der Waals surface area contributed by atoms with Crippen molar-refractivity contribution in [1.82, 2.24) is 9.88 Å². The molecule has 0 spiro atoms. The Hall–Kier alpha value is -2.17. The molecule has 5 nitrogen and oxygen atoms in total. The summed E-state index contributed by atoms with van der Waals surface area (Å²) in [6, 6.07) is 3.76. The lowest BCUT2D eigenvalue weighted by molar-refractivity contribution is -0.132. The molecule has 0 saturated heterocycles. The third-order valence-electron chi connectivity index (χ3n) is 2.20. The highest BCUT2D eigenvalue weighted by atomic mass is 16.4. The molecule has 1 N–H and O–H groups in total. The quantitative estimate of drug-likeness (QED) is 0.762. The zero-order valence-corrected chi connectivity index (χ0v) is 9.54. The van der Waals surface area contributed by atoms with Gasteiger partial charge in [0.15, 0.2) is 0 Å². The van der Waals surface area contributed by atoms with Crippen LogP contribution in [0.5, 0.6) is 0 Å². The van der Waals surface area contributed by atoms with Crippen molar-refractivity contribution in [3.63, 3.8) is 0 Å². The number of hydrogen-bond acceptors (Lipinski definition) is 3. The van der Waals surface area contributed by atoms with E-state index in [1.54, 1.807) is 19.4 Å². The molecule has 0 aliphatic heterocycles. The van der Waals surface area contributed by atoms with Crippen molar-refractivity contribution in [3.05, 3.63) is 42.2 Å². The zero-order chi connectivity index (χ0) is 12.7. The van der Waals surface area contributed by atoms with Crippen LogP contribution in [-0.4, -0.2) is 40.5 Å². The maximum absolute atomic E-state index is 11.4. The van der Waals surface area contributed by atoms with Gasteiger partial charge >= 0.3 is 5.97 Å². The van der Waals surface area contributed by atoms with Gasteiger partial charge in [-0.25, -0.2) is 4.79 Å². The SMILES string of the molecule is CN(CCc1cccnc1)C(=O)/C=C/C(=O)O. The molecule has 90 valence electrons. The molecule has 0 atom stereocenters. The smallest absolute Gasteiger partial charge is 0.328 e. The summed E-state index contributed by atoms with van der Waals surface area (Å²) < 4.78 is 0. The second kappa shape index (κ2) is 6.42. The number of carbonyl (C=O) groups is 2. The van der Waals surface area contributed by atoms with E-state index in [1.165, 1.54) is 4.90 Å². The first kappa shape index (κ1) is 12.9. The van der Waals surface area contributed by atoms with Gasteiger partial charge in [-0.05, 0) is 18.1 Å². The predicted octanol–water partition coefficient (Wildman–Crippen LogP) is 0.723. The molecule has 0 aromatic carbocycles. The second-order valence-corrected chi connectivity index (χ2v) is 3.54. The third kappa shape index (κ3) is 4.92.